The molecule has 3 unspecified atom stereocenters. The van der Waals surface area contributed by atoms with Crippen LogP contribution in [0.2, 0.25) is 0 Å². The number of carbonyl (C=O) groups excluding carboxylic acids is 4. The Morgan fingerprint density at radius 1 is 0.287 bits per heavy atom. The first-order chi connectivity index (χ1) is 48.8. The summed E-state index contributed by atoms with van der Waals surface area (Å²) in [5, 5.41) is 10.6. The van der Waals surface area contributed by atoms with Gasteiger partial charge in [0.15, 0.2) is 12.2 Å². The van der Waals surface area contributed by atoms with Crippen LogP contribution in [0.1, 0.15) is 427 Å². The number of rotatable bonds is 80. The van der Waals surface area contributed by atoms with Gasteiger partial charge in [-0.05, 0) is 43.4 Å². The Hall–Kier alpha value is -1.94. The van der Waals surface area contributed by atoms with Gasteiger partial charge in [0.05, 0.1) is 26.4 Å². The summed E-state index contributed by atoms with van der Waals surface area (Å²) in [7, 11) is -9.92. The predicted molar refractivity (Wildman–Crippen MR) is 414 cm³/mol. The maximum absolute atomic E-state index is 13.1. The lowest BCUT2D eigenvalue weighted by Crippen LogP contribution is -2.30. The molecule has 0 rings (SSSR count). The Labute approximate surface area is 619 Å². The monoisotopic (exact) mass is 1480 g/mol. The maximum atomic E-state index is 13.1. The molecule has 0 aliphatic rings. The van der Waals surface area contributed by atoms with E-state index in [9.17, 15) is 43.2 Å². The van der Waals surface area contributed by atoms with Crippen LogP contribution in [-0.2, 0) is 65.4 Å². The van der Waals surface area contributed by atoms with Gasteiger partial charge in [0.2, 0.25) is 0 Å². The second kappa shape index (κ2) is 72.3. The van der Waals surface area contributed by atoms with Crippen molar-refractivity contribution in [1.29, 1.82) is 0 Å². The van der Waals surface area contributed by atoms with E-state index in [0.717, 1.165) is 108 Å². The molecule has 600 valence electrons. The fourth-order valence-corrected chi connectivity index (χ4v) is 14.2. The number of aliphatic hydroxyl groups excluding tert-OH is 1. The van der Waals surface area contributed by atoms with E-state index in [2.05, 4.69) is 48.5 Å². The summed E-state index contributed by atoms with van der Waals surface area (Å²) in [5.74, 6) is 0.204. The van der Waals surface area contributed by atoms with E-state index in [-0.39, 0.29) is 25.7 Å². The molecule has 0 aromatic heterocycles. The van der Waals surface area contributed by atoms with Crippen LogP contribution in [0.25, 0.3) is 0 Å². The van der Waals surface area contributed by atoms with E-state index in [1.54, 1.807) is 0 Å². The highest BCUT2D eigenvalue weighted by molar-refractivity contribution is 7.47. The lowest BCUT2D eigenvalue weighted by molar-refractivity contribution is -0.161. The quantitative estimate of drug-likeness (QED) is 0.0222. The topological polar surface area (TPSA) is 237 Å². The maximum Gasteiger partial charge on any atom is 0.472 e. The van der Waals surface area contributed by atoms with Gasteiger partial charge in [0, 0.05) is 25.7 Å². The molecular formula is C82H160O17P2. The molecule has 3 N–H and O–H groups in total. The molecule has 0 spiro atoms. The Morgan fingerprint density at radius 3 is 0.752 bits per heavy atom. The summed E-state index contributed by atoms with van der Waals surface area (Å²) in [4.78, 5) is 73.0. The Morgan fingerprint density at radius 2 is 0.505 bits per heavy atom. The van der Waals surface area contributed by atoms with E-state index in [1.165, 1.54) is 231 Å². The highest BCUT2D eigenvalue weighted by atomic mass is 31.2. The van der Waals surface area contributed by atoms with Crippen LogP contribution < -0.4 is 0 Å². The molecule has 0 aliphatic carbocycles. The minimum absolute atomic E-state index is 0.105. The molecule has 0 fully saturated rings. The molecule has 0 saturated heterocycles. The normalized spacial score (nSPS) is 14.2. The molecular weight excluding hydrogens is 1320 g/mol. The smallest absolute Gasteiger partial charge is 0.462 e. The van der Waals surface area contributed by atoms with Gasteiger partial charge in [0.1, 0.15) is 19.3 Å². The van der Waals surface area contributed by atoms with E-state index in [0.29, 0.717) is 31.6 Å². The molecule has 0 heterocycles. The van der Waals surface area contributed by atoms with Gasteiger partial charge in [-0.2, -0.15) is 0 Å². The third-order valence-corrected chi connectivity index (χ3v) is 21.4. The Kier molecular flexibility index (Phi) is 70.9. The zero-order valence-corrected chi connectivity index (χ0v) is 68.2. The highest BCUT2D eigenvalue weighted by Crippen LogP contribution is 2.45. The van der Waals surface area contributed by atoms with Gasteiger partial charge in [-0.25, -0.2) is 9.13 Å². The van der Waals surface area contributed by atoms with Crippen LogP contribution in [0, 0.1) is 17.8 Å². The minimum atomic E-state index is -4.96. The molecule has 0 amide bonds. The summed E-state index contributed by atoms with van der Waals surface area (Å²) in [6.07, 6.45) is 61.2. The summed E-state index contributed by atoms with van der Waals surface area (Å²) >= 11 is 0. The number of esters is 4. The van der Waals surface area contributed by atoms with Crippen molar-refractivity contribution in [1.82, 2.24) is 0 Å². The fourth-order valence-electron chi connectivity index (χ4n) is 12.6. The third kappa shape index (κ3) is 74.7. The van der Waals surface area contributed by atoms with Gasteiger partial charge in [0.25, 0.3) is 0 Å². The second-order valence-electron chi connectivity index (χ2n) is 30.7. The lowest BCUT2D eigenvalue weighted by atomic mass is 9.99. The van der Waals surface area contributed by atoms with Crippen molar-refractivity contribution in [2.45, 2.75) is 446 Å². The standard InChI is InChI=1S/C82H160O17P2/c1-8-10-11-12-13-14-15-16-17-23-26-31-36-41-49-56-63-79(84)92-69-77(98-81(86)65-58-51-42-37-32-27-24-21-19-18-20-22-25-30-35-40-48-55-62-75(7)9-2)71-96-100(88,89)94-67-76(83)68-95-101(90,91)97-72-78(70-93-80(85)64-57-50-45-44-47-54-61-74(5)6)99-82(87)66-59-52-43-38-33-28-29-34-39-46-53-60-73(3)4/h73-78,83H,8-72H2,1-7H3,(H,88,89)(H,90,91)/t75?,76-,77-,78-/m1/s1. The molecule has 6 atom stereocenters. The number of unbranched alkanes of at least 4 members (excludes halogenated alkanes) is 47. The Balaban J connectivity index is 5.20. The van der Waals surface area contributed by atoms with E-state index < -0.39 is 97.5 Å². The molecule has 101 heavy (non-hydrogen) atoms. The first-order valence-corrected chi connectivity index (χ1v) is 45.4. The number of ether oxygens (including phenoxy) is 4. The predicted octanol–water partition coefficient (Wildman–Crippen LogP) is 24.5. The van der Waals surface area contributed by atoms with E-state index >= 15 is 0 Å². The number of carbonyl (C=O) groups is 4. The molecule has 0 radical (unpaired) electrons. The number of hydrogen-bond donors (Lipinski definition) is 3. The molecule has 19 heteroatoms. The molecule has 0 aliphatic heterocycles. The zero-order chi connectivity index (χ0) is 74.4. The molecule has 0 saturated carbocycles. The van der Waals surface area contributed by atoms with Crippen molar-refractivity contribution >= 4 is 39.5 Å². The number of hydrogen-bond acceptors (Lipinski definition) is 15. The zero-order valence-electron chi connectivity index (χ0n) is 66.4. The lowest BCUT2D eigenvalue weighted by Gasteiger charge is -2.21. The van der Waals surface area contributed by atoms with Crippen LogP contribution in [0.15, 0.2) is 0 Å². The van der Waals surface area contributed by atoms with Gasteiger partial charge >= 0.3 is 39.5 Å². The third-order valence-electron chi connectivity index (χ3n) is 19.5. The van der Waals surface area contributed by atoms with Crippen LogP contribution in [0.4, 0.5) is 0 Å². The summed E-state index contributed by atoms with van der Waals surface area (Å²) < 4.78 is 68.7. The average Bonchev–Trinajstić information content (AvgIpc) is 0.985. The van der Waals surface area contributed by atoms with Gasteiger partial charge in [-0.3, -0.25) is 37.3 Å². The first-order valence-electron chi connectivity index (χ1n) is 42.4. The fraction of sp³-hybridized carbons (Fsp3) is 0.951. The minimum Gasteiger partial charge on any atom is -0.462 e. The SMILES string of the molecule is CCCCCCCCCCCCCCCCCCC(=O)OC[C@H](COP(=O)(O)OC[C@@H](O)COP(=O)(O)OC[C@@H](COC(=O)CCCCCCCCC(C)C)OC(=O)CCCCCCCCCCCCCC(C)C)OC(=O)CCCCCCCCCCCCCCCCCCCCC(C)CC. The number of phosphoric ester groups is 2. The first kappa shape index (κ1) is 99.1. The summed E-state index contributed by atoms with van der Waals surface area (Å²) in [6, 6.07) is 0. The highest BCUT2D eigenvalue weighted by Gasteiger charge is 2.30. The van der Waals surface area contributed by atoms with Crippen molar-refractivity contribution in [2.24, 2.45) is 17.8 Å². The van der Waals surface area contributed by atoms with Crippen molar-refractivity contribution < 1.29 is 80.2 Å². The van der Waals surface area contributed by atoms with Crippen LogP contribution in [0.3, 0.4) is 0 Å². The van der Waals surface area contributed by atoms with Crippen molar-refractivity contribution in [2.75, 3.05) is 39.6 Å². The van der Waals surface area contributed by atoms with Crippen LogP contribution in [0.5, 0.6) is 0 Å². The average molecular weight is 1480 g/mol. The van der Waals surface area contributed by atoms with Crippen molar-refractivity contribution in [3.8, 4) is 0 Å². The molecule has 0 bridgehead atoms. The van der Waals surface area contributed by atoms with Crippen LogP contribution >= 0.6 is 15.6 Å². The number of aliphatic hydroxyl groups is 1. The second-order valence-corrected chi connectivity index (χ2v) is 33.6. The summed E-state index contributed by atoms with van der Waals surface area (Å²) in [6.45, 7) is 11.9. The molecule has 17 nitrogen and oxygen atoms in total. The van der Waals surface area contributed by atoms with Crippen molar-refractivity contribution in [3.63, 3.8) is 0 Å². The summed E-state index contributed by atoms with van der Waals surface area (Å²) in [5.41, 5.74) is 0. The van der Waals surface area contributed by atoms with E-state index in [4.69, 9.17) is 37.0 Å². The molecule has 0 aromatic rings. The van der Waals surface area contributed by atoms with Crippen molar-refractivity contribution in [3.05, 3.63) is 0 Å². The van der Waals surface area contributed by atoms with Gasteiger partial charge in [-0.1, -0.05) is 376 Å². The van der Waals surface area contributed by atoms with Gasteiger partial charge < -0.3 is 33.8 Å². The van der Waals surface area contributed by atoms with E-state index in [1.807, 2.05) is 0 Å². The van der Waals surface area contributed by atoms with Gasteiger partial charge in [-0.15, -0.1) is 0 Å². The van der Waals surface area contributed by atoms with Crippen LogP contribution in [-0.4, -0.2) is 96.7 Å². The number of phosphoric acid groups is 2. The largest absolute Gasteiger partial charge is 0.472 e. The molecule has 0 aromatic carbocycles. The Bertz CT molecular complexity index is 1960.